The van der Waals surface area contributed by atoms with Crippen LogP contribution in [-0.4, -0.2) is 42.7 Å². The third kappa shape index (κ3) is 3.95. The van der Waals surface area contributed by atoms with Crippen molar-refractivity contribution in [3.63, 3.8) is 0 Å². The number of benzene rings is 1. The fourth-order valence-electron chi connectivity index (χ4n) is 4.46. The van der Waals surface area contributed by atoms with Crippen LogP contribution in [0.5, 0.6) is 5.75 Å². The van der Waals surface area contributed by atoms with Crippen LogP contribution in [0, 0.1) is 12.8 Å². The van der Waals surface area contributed by atoms with Crippen molar-refractivity contribution in [3.8, 4) is 17.0 Å². The van der Waals surface area contributed by atoms with E-state index in [9.17, 15) is 9.59 Å². The lowest BCUT2D eigenvalue weighted by Crippen LogP contribution is -2.35. The smallest absolute Gasteiger partial charge is 0.344 e. The Morgan fingerprint density at radius 3 is 2.81 bits per heavy atom. The van der Waals surface area contributed by atoms with Gasteiger partial charge in [-0.15, -0.1) is 0 Å². The lowest BCUT2D eigenvalue weighted by molar-refractivity contribution is 0.0525. The Morgan fingerprint density at radius 2 is 2.09 bits per heavy atom. The number of fused-ring (bicyclic) bond motifs is 1. The van der Waals surface area contributed by atoms with E-state index < -0.39 is 11.4 Å². The second-order valence-electron chi connectivity index (χ2n) is 8.33. The van der Waals surface area contributed by atoms with Crippen LogP contribution in [-0.2, 0) is 4.74 Å². The second-order valence-corrected chi connectivity index (χ2v) is 8.33. The van der Waals surface area contributed by atoms with Crippen molar-refractivity contribution in [2.45, 2.75) is 33.6 Å². The van der Waals surface area contributed by atoms with Crippen molar-refractivity contribution in [3.05, 3.63) is 51.8 Å². The Hall–Kier alpha value is -3.35. The zero-order valence-electron chi connectivity index (χ0n) is 19.0. The van der Waals surface area contributed by atoms with Crippen LogP contribution in [0.25, 0.3) is 22.2 Å². The van der Waals surface area contributed by atoms with Gasteiger partial charge in [0, 0.05) is 24.0 Å². The first-order chi connectivity index (χ1) is 15.4. The number of hydrogen-bond donors (Lipinski definition) is 1. The summed E-state index contributed by atoms with van der Waals surface area (Å²) in [7, 11) is 1.42. The number of carbonyl (C=O) groups excluding carboxylic acids is 1. The number of anilines is 1. The van der Waals surface area contributed by atoms with Gasteiger partial charge in [-0.05, 0) is 44.7 Å². The Labute approximate surface area is 187 Å². The molecular formula is C25H29N3O4. The highest BCUT2D eigenvalue weighted by atomic mass is 16.5. The maximum Gasteiger partial charge on any atom is 0.344 e. The molecule has 0 bridgehead atoms. The first kappa shape index (κ1) is 21.9. The van der Waals surface area contributed by atoms with Crippen molar-refractivity contribution in [1.82, 2.24) is 9.97 Å². The number of pyridine rings is 2. The number of aryl methyl sites for hydroxylation is 1. The number of nitrogens with one attached hydrogen (secondary N) is 1. The van der Waals surface area contributed by atoms with E-state index >= 15 is 0 Å². The molecule has 0 unspecified atom stereocenters. The third-order valence-corrected chi connectivity index (χ3v) is 5.95. The summed E-state index contributed by atoms with van der Waals surface area (Å²) in [6.07, 6.45) is 2.24. The Morgan fingerprint density at radius 1 is 1.31 bits per heavy atom. The van der Waals surface area contributed by atoms with Gasteiger partial charge in [0.1, 0.15) is 11.4 Å². The molecule has 0 aliphatic carbocycles. The average Bonchev–Trinajstić information content (AvgIpc) is 2.78. The van der Waals surface area contributed by atoms with Crippen molar-refractivity contribution in [1.29, 1.82) is 0 Å². The van der Waals surface area contributed by atoms with Gasteiger partial charge in [0.05, 0.1) is 30.6 Å². The molecule has 32 heavy (non-hydrogen) atoms. The van der Waals surface area contributed by atoms with Crippen LogP contribution >= 0.6 is 0 Å². The van der Waals surface area contributed by atoms with Gasteiger partial charge in [-0.25, -0.2) is 9.78 Å². The first-order valence-electron chi connectivity index (χ1n) is 11.1. The molecule has 1 saturated heterocycles. The topological polar surface area (TPSA) is 84.5 Å². The van der Waals surface area contributed by atoms with E-state index in [1.165, 1.54) is 13.5 Å². The molecular weight excluding hydrogens is 406 g/mol. The van der Waals surface area contributed by atoms with E-state index in [0.717, 1.165) is 36.2 Å². The molecule has 0 spiro atoms. The van der Waals surface area contributed by atoms with Crippen LogP contribution in [0.15, 0.2) is 35.1 Å². The lowest BCUT2D eigenvalue weighted by atomic mass is 9.98. The summed E-state index contributed by atoms with van der Waals surface area (Å²) in [5, 5.41) is 0.931. The summed E-state index contributed by atoms with van der Waals surface area (Å²) in [6.45, 7) is 7.62. The maximum atomic E-state index is 13.3. The summed E-state index contributed by atoms with van der Waals surface area (Å²) in [6, 6.07) is 9.86. The number of nitrogens with zero attached hydrogens (tertiary/aromatic N) is 2. The number of piperidine rings is 1. The standard InChI is InChI=1S/C25H29N3O4/c1-5-32-25(30)20-21(26-16(3)23(31-4)22(20)29)18-13-17-10-6-7-11-19(17)27-24(18)28-12-8-9-15(2)14-28/h6-7,10-11,13,15H,5,8-9,12,14H2,1-4H3,(H,26,29)/t15-/m1/s1. The molecule has 3 heterocycles. The van der Waals surface area contributed by atoms with Gasteiger partial charge in [0.25, 0.3) is 0 Å². The molecule has 1 atom stereocenters. The first-order valence-corrected chi connectivity index (χ1v) is 11.1. The van der Waals surface area contributed by atoms with Gasteiger partial charge in [-0.3, -0.25) is 4.79 Å². The molecule has 1 aliphatic heterocycles. The minimum Gasteiger partial charge on any atom is -0.491 e. The molecule has 1 N–H and O–H groups in total. The van der Waals surface area contributed by atoms with E-state index in [4.69, 9.17) is 14.5 Å². The normalized spacial score (nSPS) is 16.2. The molecule has 7 nitrogen and oxygen atoms in total. The van der Waals surface area contributed by atoms with E-state index in [1.807, 2.05) is 30.3 Å². The van der Waals surface area contributed by atoms with Crippen LogP contribution in [0.3, 0.4) is 0 Å². The number of para-hydroxylation sites is 1. The predicted molar refractivity (Wildman–Crippen MR) is 126 cm³/mol. The second kappa shape index (κ2) is 9.02. The summed E-state index contributed by atoms with van der Waals surface area (Å²) in [4.78, 5) is 36.7. The predicted octanol–water partition coefficient (Wildman–Crippen LogP) is 4.32. The number of esters is 1. The number of H-pyrrole nitrogens is 1. The molecule has 0 saturated carbocycles. The largest absolute Gasteiger partial charge is 0.491 e. The number of methoxy groups -OCH3 is 1. The van der Waals surface area contributed by atoms with Crippen LogP contribution in [0.1, 0.15) is 42.7 Å². The van der Waals surface area contributed by atoms with E-state index in [-0.39, 0.29) is 17.9 Å². The van der Waals surface area contributed by atoms with Crippen LogP contribution in [0.2, 0.25) is 0 Å². The van der Waals surface area contributed by atoms with Gasteiger partial charge in [-0.1, -0.05) is 25.1 Å². The van der Waals surface area contributed by atoms with E-state index in [0.29, 0.717) is 22.9 Å². The van der Waals surface area contributed by atoms with Crippen molar-refractivity contribution in [2.75, 3.05) is 31.7 Å². The average molecular weight is 436 g/mol. The van der Waals surface area contributed by atoms with Gasteiger partial charge in [0.15, 0.2) is 5.75 Å². The zero-order valence-corrected chi connectivity index (χ0v) is 19.0. The third-order valence-electron chi connectivity index (χ3n) is 5.95. The molecule has 3 aromatic rings. The molecule has 0 radical (unpaired) electrons. The summed E-state index contributed by atoms with van der Waals surface area (Å²) >= 11 is 0. The van der Waals surface area contributed by atoms with E-state index in [1.54, 1.807) is 13.8 Å². The van der Waals surface area contributed by atoms with Crippen LogP contribution in [0.4, 0.5) is 5.82 Å². The maximum absolute atomic E-state index is 13.3. The van der Waals surface area contributed by atoms with Gasteiger partial charge >= 0.3 is 5.97 Å². The number of rotatable bonds is 5. The van der Waals surface area contributed by atoms with Crippen LogP contribution < -0.4 is 15.1 Å². The van der Waals surface area contributed by atoms with Crippen molar-refractivity contribution < 1.29 is 14.3 Å². The minimum absolute atomic E-state index is 0.0577. The molecule has 1 fully saturated rings. The lowest BCUT2D eigenvalue weighted by Gasteiger charge is -2.33. The van der Waals surface area contributed by atoms with Gasteiger partial charge in [-0.2, -0.15) is 0 Å². The summed E-state index contributed by atoms with van der Waals surface area (Å²) in [5.74, 6) is 0.735. The molecule has 7 heteroatoms. The highest BCUT2D eigenvalue weighted by Gasteiger charge is 2.28. The highest BCUT2D eigenvalue weighted by molar-refractivity contribution is 6.00. The summed E-state index contributed by atoms with van der Waals surface area (Å²) < 4.78 is 10.5. The van der Waals surface area contributed by atoms with Crippen molar-refractivity contribution >= 4 is 22.7 Å². The van der Waals surface area contributed by atoms with Crippen molar-refractivity contribution in [2.24, 2.45) is 5.92 Å². The zero-order chi connectivity index (χ0) is 22.8. The number of aromatic nitrogens is 2. The summed E-state index contributed by atoms with van der Waals surface area (Å²) in [5.41, 5.74) is 2.00. The Balaban J connectivity index is 2.03. The molecule has 4 rings (SSSR count). The minimum atomic E-state index is -0.673. The quantitative estimate of drug-likeness (QED) is 0.601. The Bertz CT molecular complexity index is 1220. The number of aromatic amines is 1. The molecule has 2 aromatic heterocycles. The molecule has 1 aliphatic rings. The Kier molecular flexibility index (Phi) is 6.17. The fourth-order valence-corrected chi connectivity index (χ4v) is 4.46. The van der Waals surface area contributed by atoms with E-state index in [2.05, 4.69) is 16.8 Å². The van der Waals surface area contributed by atoms with Gasteiger partial charge in [0.2, 0.25) is 5.43 Å². The highest BCUT2D eigenvalue weighted by Crippen LogP contribution is 2.36. The number of ether oxygens (including phenoxy) is 2. The molecule has 0 amide bonds. The SMILES string of the molecule is CCOC(=O)c1c(-c2cc3ccccc3nc2N2CCC[C@@H](C)C2)[nH]c(C)c(OC)c1=O. The fraction of sp³-hybridized carbons (Fsp3) is 0.400. The number of carbonyl (C=O) groups is 1. The monoisotopic (exact) mass is 435 g/mol. The molecule has 1 aromatic carbocycles. The van der Waals surface area contributed by atoms with Gasteiger partial charge < -0.3 is 19.4 Å². The molecule has 168 valence electrons. The number of hydrogen-bond acceptors (Lipinski definition) is 6.